The number of aliphatic imine (C=N–C) groups is 1. The van der Waals surface area contributed by atoms with Gasteiger partial charge in [0.1, 0.15) is 0 Å². The molecule has 0 aliphatic heterocycles. The minimum absolute atomic E-state index is 0.470. The average Bonchev–Trinajstić information content (AvgIpc) is 3.15. The highest BCUT2D eigenvalue weighted by atomic mass is 32.1. The molecule has 2 N–H and O–H groups in total. The minimum atomic E-state index is 0.470. The second-order valence-corrected chi connectivity index (χ2v) is 7.04. The summed E-state index contributed by atoms with van der Waals surface area (Å²) in [6, 6.07) is 2.04. The largest absolute Gasteiger partial charge is 0.359 e. The third-order valence-corrected chi connectivity index (χ3v) is 5.12. The van der Waals surface area contributed by atoms with Gasteiger partial charge in [0.15, 0.2) is 11.7 Å². The lowest BCUT2D eigenvalue weighted by Crippen LogP contribution is -2.36. The van der Waals surface area contributed by atoms with E-state index in [4.69, 9.17) is 4.52 Å². The van der Waals surface area contributed by atoms with Gasteiger partial charge in [0, 0.05) is 23.9 Å². The Morgan fingerprint density at radius 3 is 2.54 bits per heavy atom. The molecule has 0 amide bonds. The molecule has 0 fully saturated rings. The van der Waals surface area contributed by atoms with Crippen molar-refractivity contribution in [3.63, 3.8) is 0 Å². The average molecular weight is 350 g/mol. The molecule has 0 saturated heterocycles. The Morgan fingerprint density at radius 1 is 1.25 bits per heavy atom. The maximum Gasteiger partial charge on any atom is 0.191 e. The van der Waals surface area contributed by atoms with Gasteiger partial charge in [0.2, 0.25) is 0 Å². The van der Waals surface area contributed by atoms with Crippen LogP contribution < -0.4 is 10.6 Å². The van der Waals surface area contributed by atoms with Crippen LogP contribution in [0.5, 0.6) is 0 Å². The molecule has 2 aromatic heterocycles. The number of guanidine groups is 1. The van der Waals surface area contributed by atoms with Gasteiger partial charge >= 0.3 is 0 Å². The molecule has 2 aromatic rings. The van der Waals surface area contributed by atoms with E-state index < -0.39 is 0 Å². The molecule has 0 aliphatic carbocycles. The van der Waals surface area contributed by atoms with Crippen LogP contribution in [0.1, 0.15) is 59.6 Å². The van der Waals surface area contributed by atoms with E-state index >= 15 is 0 Å². The predicted molar refractivity (Wildman–Crippen MR) is 98.5 cm³/mol. The Bertz CT molecular complexity index is 672. The molecule has 0 unspecified atom stereocenters. The topological polar surface area (TPSA) is 75.3 Å². The van der Waals surface area contributed by atoms with Crippen LogP contribution in [-0.2, 0) is 13.1 Å². The van der Waals surface area contributed by atoms with Gasteiger partial charge in [-0.25, -0.2) is 4.98 Å². The van der Waals surface area contributed by atoms with Crippen molar-refractivity contribution in [2.75, 3.05) is 7.05 Å². The van der Waals surface area contributed by atoms with Gasteiger partial charge in [-0.05, 0) is 26.7 Å². The van der Waals surface area contributed by atoms with Gasteiger partial charge in [0.05, 0.1) is 29.5 Å². The van der Waals surface area contributed by atoms with Crippen molar-refractivity contribution in [2.45, 2.75) is 59.5 Å². The third kappa shape index (κ3) is 4.80. The highest BCUT2D eigenvalue weighted by molar-refractivity contribution is 7.11. The van der Waals surface area contributed by atoms with E-state index in [-0.39, 0.29) is 0 Å². The lowest BCUT2D eigenvalue weighted by Gasteiger charge is -2.10. The molecule has 0 bridgehead atoms. The smallest absolute Gasteiger partial charge is 0.191 e. The fourth-order valence-electron chi connectivity index (χ4n) is 2.60. The van der Waals surface area contributed by atoms with Crippen LogP contribution in [0.3, 0.4) is 0 Å². The van der Waals surface area contributed by atoms with Gasteiger partial charge in [-0.3, -0.25) is 4.99 Å². The zero-order valence-electron chi connectivity index (χ0n) is 15.1. The number of thiazole rings is 1. The van der Waals surface area contributed by atoms with Crippen LogP contribution in [-0.4, -0.2) is 23.1 Å². The maximum absolute atomic E-state index is 5.43. The van der Waals surface area contributed by atoms with Gasteiger partial charge in [-0.15, -0.1) is 11.3 Å². The monoisotopic (exact) mass is 349 g/mol. The number of nitrogens with zero attached hydrogens (tertiary/aromatic N) is 3. The van der Waals surface area contributed by atoms with E-state index in [2.05, 4.69) is 39.6 Å². The highest BCUT2D eigenvalue weighted by Crippen LogP contribution is 2.22. The van der Waals surface area contributed by atoms with Crippen LogP contribution in [0, 0.1) is 13.8 Å². The standard InChI is InChI=1S/C17H27N5OS/c1-6-13(7-2)15-8-14(23-22-15)9-19-17(18-5)20-10-16-11(3)21-12(4)24-16/h8,13H,6-7,9-10H2,1-5H3,(H2,18,19,20). The maximum atomic E-state index is 5.43. The quantitative estimate of drug-likeness (QED) is 0.591. The van der Waals surface area contributed by atoms with Crippen LogP contribution >= 0.6 is 11.3 Å². The Kier molecular flexibility index (Phi) is 6.78. The van der Waals surface area contributed by atoms with Crippen LogP contribution in [0.4, 0.5) is 0 Å². The summed E-state index contributed by atoms with van der Waals surface area (Å²) in [6.07, 6.45) is 2.15. The number of hydrogen-bond acceptors (Lipinski definition) is 5. The summed E-state index contributed by atoms with van der Waals surface area (Å²) in [7, 11) is 1.76. The molecule has 132 valence electrons. The SMILES string of the molecule is CCC(CC)c1cc(CNC(=NC)NCc2sc(C)nc2C)on1. The third-order valence-electron chi connectivity index (χ3n) is 4.05. The fraction of sp³-hybridized carbons (Fsp3) is 0.588. The molecule has 0 atom stereocenters. The second kappa shape index (κ2) is 8.82. The number of aryl methyl sites for hydroxylation is 2. The fourth-order valence-corrected chi connectivity index (χ4v) is 3.48. The van der Waals surface area contributed by atoms with E-state index in [1.165, 1.54) is 4.88 Å². The Balaban J connectivity index is 1.86. The molecular formula is C17H27N5OS. The number of aromatic nitrogens is 2. The summed E-state index contributed by atoms with van der Waals surface area (Å²) in [6.45, 7) is 9.69. The van der Waals surface area contributed by atoms with Crippen molar-refractivity contribution >= 4 is 17.3 Å². The first-order valence-corrected chi connectivity index (χ1v) is 9.21. The van der Waals surface area contributed by atoms with Crippen LogP contribution in [0.15, 0.2) is 15.6 Å². The summed E-state index contributed by atoms with van der Waals surface area (Å²) in [4.78, 5) is 9.91. The van der Waals surface area contributed by atoms with Crippen LogP contribution in [0.25, 0.3) is 0 Å². The number of nitrogens with one attached hydrogen (secondary N) is 2. The van der Waals surface area contributed by atoms with Crippen LogP contribution in [0.2, 0.25) is 0 Å². The minimum Gasteiger partial charge on any atom is -0.359 e. The molecule has 6 nitrogen and oxygen atoms in total. The van der Waals surface area contributed by atoms with Crippen molar-refractivity contribution in [1.29, 1.82) is 0 Å². The summed E-state index contributed by atoms with van der Waals surface area (Å²) < 4.78 is 5.43. The molecule has 0 saturated carbocycles. The first-order chi connectivity index (χ1) is 11.6. The molecule has 2 heterocycles. The van der Waals surface area contributed by atoms with Crippen molar-refractivity contribution in [3.8, 4) is 0 Å². The van der Waals surface area contributed by atoms with E-state index in [1.54, 1.807) is 18.4 Å². The van der Waals surface area contributed by atoms with Gasteiger partial charge in [-0.1, -0.05) is 19.0 Å². The Hall–Kier alpha value is -1.89. The molecule has 0 aromatic carbocycles. The highest BCUT2D eigenvalue weighted by Gasteiger charge is 2.13. The Morgan fingerprint density at radius 2 is 1.96 bits per heavy atom. The zero-order chi connectivity index (χ0) is 17.5. The lowest BCUT2D eigenvalue weighted by atomic mass is 9.99. The molecular weight excluding hydrogens is 322 g/mol. The second-order valence-electron chi connectivity index (χ2n) is 5.75. The summed E-state index contributed by atoms with van der Waals surface area (Å²) >= 11 is 1.71. The van der Waals surface area contributed by atoms with E-state index in [0.717, 1.165) is 41.0 Å². The molecule has 0 radical (unpaired) electrons. The Labute approximate surface area is 147 Å². The molecule has 24 heavy (non-hydrogen) atoms. The van der Waals surface area contributed by atoms with E-state index in [9.17, 15) is 0 Å². The molecule has 0 spiro atoms. The van der Waals surface area contributed by atoms with Crippen molar-refractivity contribution in [1.82, 2.24) is 20.8 Å². The predicted octanol–water partition coefficient (Wildman–Crippen LogP) is 3.52. The van der Waals surface area contributed by atoms with Gasteiger partial charge in [0.25, 0.3) is 0 Å². The number of rotatable bonds is 7. The number of hydrogen-bond donors (Lipinski definition) is 2. The summed E-state index contributed by atoms with van der Waals surface area (Å²) in [5, 5.41) is 11.8. The molecule has 0 aliphatic rings. The lowest BCUT2D eigenvalue weighted by molar-refractivity contribution is 0.368. The zero-order valence-corrected chi connectivity index (χ0v) is 16.0. The normalized spacial score (nSPS) is 12.0. The van der Waals surface area contributed by atoms with Gasteiger partial charge in [-0.2, -0.15) is 0 Å². The van der Waals surface area contributed by atoms with E-state index in [1.807, 2.05) is 19.9 Å². The van der Waals surface area contributed by atoms with Crippen molar-refractivity contribution < 1.29 is 4.52 Å². The van der Waals surface area contributed by atoms with Crippen molar-refractivity contribution in [2.24, 2.45) is 4.99 Å². The summed E-state index contributed by atoms with van der Waals surface area (Å²) in [5.74, 6) is 2.03. The molecule has 7 heteroatoms. The first-order valence-electron chi connectivity index (χ1n) is 8.40. The van der Waals surface area contributed by atoms with Gasteiger partial charge < -0.3 is 15.2 Å². The van der Waals surface area contributed by atoms with Crippen molar-refractivity contribution in [3.05, 3.63) is 33.1 Å². The molecule has 2 rings (SSSR count). The summed E-state index contributed by atoms with van der Waals surface area (Å²) in [5.41, 5.74) is 2.11. The first kappa shape index (κ1) is 18.4. The van der Waals surface area contributed by atoms with E-state index in [0.29, 0.717) is 19.0 Å².